The molecule has 3 aromatic carbocycles. The minimum absolute atomic E-state index is 0.334. The lowest BCUT2D eigenvalue weighted by Crippen LogP contribution is -2.01. The Bertz CT molecular complexity index is 874. The molecule has 3 rings (SSSR count). The van der Waals surface area contributed by atoms with Crippen LogP contribution in [0.3, 0.4) is 0 Å². The van der Waals surface area contributed by atoms with Crippen LogP contribution < -0.4 is 5.73 Å². The molecule has 0 atom stereocenters. The Morgan fingerprint density at radius 2 is 1.86 bits per heavy atom. The van der Waals surface area contributed by atoms with E-state index in [1.54, 1.807) is 6.07 Å². The van der Waals surface area contributed by atoms with Gasteiger partial charge >= 0.3 is 5.97 Å². The number of nitrogens with two attached hydrogens (primary N) is 1. The molecule has 110 valence electrons. The first kappa shape index (κ1) is 14.2. The highest BCUT2D eigenvalue weighted by atomic mass is 19.1. The van der Waals surface area contributed by atoms with Crippen LogP contribution in [0.4, 0.5) is 4.39 Å². The van der Waals surface area contributed by atoms with Gasteiger partial charge in [0.25, 0.3) is 0 Å². The first-order valence-corrected chi connectivity index (χ1v) is 6.85. The van der Waals surface area contributed by atoms with Gasteiger partial charge in [-0.15, -0.1) is 0 Å². The normalized spacial score (nSPS) is 10.8. The lowest BCUT2D eigenvalue weighted by molar-refractivity contribution is 0.0692. The van der Waals surface area contributed by atoms with E-state index < -0.39 is 11.8 Å². The number of carboxylic acid groups (broad SMARTS) is 1. The molecular formula is C18H14FNO2. The van der Waals surface area contributed by atoms with Crippen LogP contribution >= 0.6 is 0 Å². The molecule has 0 spiro atoms. The summed E-state index contributed by atoms with van der Waals surface area (Å²) in [5, 5.41) is 11.1. The molecule has 0 unspecified atom stereocenters. The molecule has 0 saturated heterocycles. The molecule has 0 heterocycles. The van der Waals surface area contributed by atoms with Gasteiger partial charge in [-0.2, -0.15) is 0 Å². The number of carboxylic acids is 1. The lowest BCUT2D eigenvalue weighted by atomic mass is 9.94. The molecule has 4 heteroatoms. The van der Waals surface area contributed by atoms with E-state index in [1.807, 2.05) is 36.4 Å². The zero-order valence-electron chi connectivity index (χ0n) is 11.7. The number of halogens is 1. The Morgan fingerprint density at radius 1 is 1.09 bits per heavy atom. The molecule has 3 aromatic rings. The molecule has 0 aliphatic heterocycles. The zero-order chi connectivity index (χ0) is 15.7. The van der Waals surface area contributed by atoms with Crippen molar-refractivity contribution in [2.45, 2.75) is 6.54 Å². The van der Waals surface area contributed by atoms with Crippen molar-refractivity contribution in [3.8, 4) is 11.1 Å². The average Bonchev–Trinajstić information content (AvgIpc) is 2.54. The van der Waals surface area contributed by atoms with Gasteiger partial charge in [0.05, 0.1) is 5.56 Å². The van der Waals surface area contributed by atoms with E-state index >= 15 is 0 Å². The van der Waals surface area contributed by atoms with Crippen LogP contribution in [0.2, 0.25) is 0 Å². The van der Waals surface area contributed by atoms with Gasteiger partial charge in [-0.1, -0.05) is 30.3 Å². The minimum Gasteiger partial charge on any atom is -0.478 e. The fourth-order valence-electron chi connectivity index (χ4n) is 2.59. The molecular weight excluding hydrogens is 281 g/mol. The first-order valence-electron chi connectivity index (χ1n) is 6.85. The van der Waals surface area contributed by atoms with Crippen molar-refractivity contribution in [1.82, 2.24) is 0 Å². The van der Waals surface area contributed by atoms with Gasteiger partial charge in [-0.25, -0.2) is 9.18 Å². The molecule has 0 saturated carbocycles. The molecule has 0 bridgehead atoms. The van der Waals surface area contributed by atoms with Crippen molar-refractivity contribution in [2.75, 3.05) is 0 Å². The molecule has 3 N–H and O–H groups in total. The first-order chi connectivity index (χ1) is 10.6. The lowest BCUT2D eigenvalue weighted by Gasteiger charge is -2.11. The fraction of sp³-hybridized carbons (Fsp3) is 0.0556. The summed E-state index contributed by atoms with van der Waals surface area (Å²) in [5.41, 5.74) is 7.85. The third-order valence-electron chi connectivity index (χ3n) is 3.67. The maximum atomic E-state index is 13.6. The molecule has 0 fully saturated rings. The number of rotatable bonds is 3. The Hall–Kier alpha value is -2.72. The molecule has 3 nitrogen and oxygen atoms in total. The summed E-state index contributed by atoms with van der Waals surface area (Å²) in [4.78, 5) is 11.1. The van der Waals surface area contributed by atoms with E-state index in [0.29, 0.717) is 12.1 Å². The number of hydrogen-bond acceptors (Lipinski definition) is 2. The van der Waals surface area contributed by atoms with Gasteiger partial charge in [0.15, 0.2) is 0 Å². The Labute approximate surface area is 126 Å². The molecule has 0 aliphatic rings. The Balaban J connectivity index is 2.30. The summed E-state index contributed by atoms with van der Waals surface area (Å²) in [6.45, 7) is 0.380. The van der Waals surface area contributed by atoms with Gasteiger partial charge in [-0.05, 0) is 51.7 Å². The van der Waals surface area contributed by atoms with E-state index in [4.69, 9.17) is 10.8 Å². The predicted octanol–water partition coefficient (Wildman–Crippen LogP) is 3.80. The highest BCUT2D eigenvalue weighted by molar-refractivity contribution is 5.98. The molecule has 22 heavy (non-hydrogen) atoms. The van der Waals surface area contributed by atoms with Crippen LogP contribution in [0, 0.1) is 5.82 Å². The van der Waals surface area contributed by atoms with E-state index in [9.17, 15) is 9.18 Å². The van der Waals surface area contributed by atoms with E-state index in [0.717, 1.165) is 21.9 Å². The van der Waals surface area contributed by atoms with Crippen molar-refractivity contribution in [3.63, 3.8) is 0 Å². The van der Waals surface area contributed by atoms with Crippen LogP contribution in [0.25, 0.3) is 21.9 Å². The number of hydrogen-bond donors (Lipinski definition) is 2. The molecule has 0 amide bonds. The quantitative estimate of drug-likeness (QED) is 0.772. The highest BCUT2D eigenvalue weighted by Gasteiger charge is 2.13. The summed E-state index contributed by atoms with van der Waals surface area (Å²) in [6, 6.07) is 15.8. The molecule has 0 radical (unpaired) electrons. The fourth-order valence-corrected chi connectivity index (χ4v) is 2.59. The van der Waals surface area contributed by atoms with Crippen LogP contribution in [-0.4, -0.2) is 11.1 Å². The number of fused-ring (bicyclic) bond motifs is 1. The van der Waals surface area contributed by atoms with Crippen LogP contribution in [0.5, 0.6) is 0 Å². The van der Waals surface area contributed by atoms with Crippen molar-refractivity contribution in [3.05, 3.63) is 71.5 Å². The smallest absolute Gasteiger partial charge is 0.338 e. The van der Waals surface area contributed by atoms with Gasteiger partial charge < -0.3 is 10.8 Å². The Kier molecular flexibility index (Phi) is 3.61. The number of benzene rings is 3. The maximum absolute atomic E-state index is 13.6. The van der Waals surface area contributed by atoms with Crippen LogP contribution in [0.15, 0.2) is 54.6 Å². The van der Waals surface area contributed by atoms with E-state index in [-0.39, 0.29) is 5.56 Å². The number of aromatic carboxylic acids is 1. The van der Waals surface area contributed by atoms with Crippen molar-refractivity contribution in [2.24, 2.45) is 5.73 Å². The van der Waals surface area contributed by atoms with Gasteiger partial charge in [0.2, 0.25) is 0 Å². The predicted molar refractivity (Wildman–Crippen MR) is 84.2 cm³/mol. The summed E-state index contributed by atoms with van der Waals surface area (Å²) in [5.74, 6) is -2.02. The van der Waals surface area contributed by atoms with Crippen LogP contribution in [0.1, 0.15) is 15.9 Å². The topological polar surface area (TPSA) is 63.3 Å². The van der Waals surface area contributed by atoms with Crippen LogP contribution in [-0.2, 0) is 6.54 Å². The standard InChI is InChI=1S/C18H14FNO2/c19-17-6-5-13(9-16(17)18(21)22)15-8-11(10-20)7-12-3-1-2-4-14(12)15/h1-9H,10,20H2,(H,21,22). The van der Waals surface area contributed by atoms with E-state index in [1.165, 1.54) is 12.1 Å². The summed E-state index contributed by atoms with van der Waals surface area (Å²) in [6.07, 6.45) is 0. The highest BCUT2D eigenvalue weighted by Crippen LogP contribution is 2.31. The minimum atomic E-state index is -1.28. The third kappa shape index (κ3) is 2.44. The van der Waals surface area contributed by atoms with Crippen molar-refractivity contribution < 1.29 is 14.3 Å². The van der Waals surface area contributed by atoms with E-state index in [2.05, 4.69) is 0 Å². The number of carbonyl (C=O) groups is 1. The second-order valence-corrected chi connectivity index (χ2v) is 5.07. The third-order valence-corrected chi connectivity index (χ3v) is 3.67. The summed E-state index contributed by atoms with van der Waals surface area (Å²) >= 11 is 0. The summed E-state index contributed by atoms with van der Waals surface area (Å²) < 4.78 is 13.6. The second-order valence-electron chi connectivity index (χ2n) is 5.07. The SMILES string of the molecule is NCc1cc(-c2ccc(F)c(C(=O)O)c2)c2ccccc2c1. The van der Waals surface area contributed by atoms with Gasteiger partial charge in [0.1, 0.15) is 5.82 Å². The monoisotopic (exact) mass is 295 g/mol. The van der Waals surface area contributed by atoms with Gasteiger partial charge in [-0.3, -0.25) is 0 Å². The molecule has 0 aromatic heterocycles. The zero-order valence-corrected chi connectivity index (χ0v) is 11.7. The second kappa shape index (κ2) is 5.58. The Morgan fingerprint density at radius 3 is 2.59 bits per heavy atom. The summed E-state index contributed by atoms with van der Waals surface area (Å²) in [7, 11) is 0. The van der Waals surface area contributed by atoms with Gasteiger partial charge in [0, 0.05) is 6.54 Å². The van der Waals surface area contributed by atoms with Crippen molar-refractivity contribution >= 4 is 16.7 Å². The maximum Gasteiger partial charge on any atom is 0.338 e. The molecule has 0 aliphatic carbocycles. The van der Waals surface area contributed by atoms with Crippen molar-refractivity contribution in [1.29, 1.82) is 0 Å². The largest absolute Gasteiger partial charge is 0.478 e. The average molecular weight is 295 g/mol.